The van der Waals surface area contributed by atoms with Gasteiger partial charge in [0.25, 0.3) is 0 Å². The molecule has 2 aromatic rings. The standard InChI is InChI=1S/C10H10N2O/c1-7-8(2)12-13-10(7)9-5-3-4-6-11-9/h3-6H,1-2H3. The average Bonchev–Trinajstić information content (AvgIpc) is 2.49. The van der Waals surface area contributed by atoms with E-state index in [0.29, 0.717) is 0 Å². The highest BCUT2D eigenvalue weighted by Gasteiger charge is 2.10. The summed E-state index contributed by atoms with van der Waals surface area (Å²) in [6.07, 6.45) is 1.74. The number of pyridine rings is 1. The predicted octanol–water partition coefficient (Wildman–Crippen LogP) is 2.35. The van der Waals surface area contributed by atoms with E-state index in [1.165, 1.54) is 0 Å². The largest absolute Gasteiger partial charge is 0.354 e. The van der Waals surface area contributed by atoms with Gasteiger partial charge in [-0.05, 0) is 26.0 Å². The lowest BCUT2D eigenvalue weighted by molar-refractivity contribution is 0.425. The second kappa shape index (κ2) is 3.01. The van der Waals surface area contributed by atoms with Gasteiger partial charge in [-0.2, -0.15) is 0 Å². The summed E-state index contributed by atoms with van der Waals surface area (Å²) in [6.45, 7) is 3.90. The van der Waals surface area contributed by atoms with Gasteiger partial charge in [0, 0.05) is 11.8 Å². The molecule has 2 rings (SSSR count). The Morgan fingerprint density at radius 3 is 2.62 bits per heavy atom. The van der Waals surface area contributed by atoms with E-state index in [9.17, 15) is 0 Å². The molecule has 0 aliphatic carbocycles. The molecule has 0 saturated heterocycles. The van der Waals surface area contributed by atoms with Crippen LogP contribution in [0.3, 0.4) is 0 Å². The van der Waals surface area contributed by atoms with Crippen LogP contribution in [0, 0.1) is 13.8 Å². The maximum absolute atomic E-state index is 5.17. The lowest BCUT2D eigenvalue weighted by Gasteiger charge is -1.94. The smallest absolute Gasteiger partial charge is 0.188 e. The van der Waals surface area contributed by atoms with Crippen molar-refractivity contribution in [3.05, 3.63) is 35.7 Å². The van der Waals surface area contributed by atoms with Crippen LogP contribution in [0.2, 0.25) is 0 Å². The average molecular weight is 174 g/mol. The van der Waals surface area contributed by atoms with Crippen LogP contribution < -0.4 is 0 Å². The number of rotatable bonds is 1. The summed E-state index contributed by atoms with van der Waals surface area (Å²) in [7, 11) is 0. The zero-order chi connectivity index (χ0) is 9.26. The number of aromatic nitrogens is 2. The Labute approximate surface area is 76.4 Å². The highest BCUT2D eigenvalue weighted by molar-refractivity contribution is 5.56. The van der Waals surface area contributed by atoms with E-state index < -0.39 is 0 Å². The third kappa shape index (κ3) is 1.33. The van der Waals surface area contributed by atoms with E-state index in [2.05, 4.69) is 10.1 Å². The quantitative estimate of drug-likeness (QED) is 0.666. The van der Waals surface area contributed by atoms with Crippen molar-refractivity contribution in [2.45, 2.75) is 13.8 Å². The molecule has 66 valence electrons. The van der Waals surface area contributed by atoms with Crippen molar-refractivity contribution >= 4 is 0 Å². The van der Waals surface area contributed by atoms with Gasteiger partial charge in [-0.15, -0.1) is 0 Å². The van der Waals surface area contributed by atoms with E-state index in [1.807, 2.05) is 32.0 Å². The summed E-state index contributed by atoms with van der Waals surface area (Å²) in [4.78, 5) is 4.19. The molecular formula is C10H10N2O. The molecule has 0 atom stereocenters. The van der Waals surface area contributed by atoms with Gasteiger partial charge in [-0.1, -0.05) is 11.2 Å². The van der Waals surface area contributed by atoms with Crippen molar-refractivity contribution in [3.8, 4) is 11.5 Å². The van der Waals surface area contributed by atoms with E-state index in [4.69, 9.17) is 4.52 Å². The molecule has 0 bridgehead atoms. The summed E-state index contributed by atoms with van der Waals surface area (Å²) in [5.41, 5.74) is 2.81. The topological polar surface area (TPSA) is 38.9 Å². The highest BCUT2D eigenvalue weighted by Crippen LogP contribution is 2.22. The maximum atomic E-state index is 5.17. The van der Waals surface area contributed by atoms with Gasteiger partial charge in [-0.25, -0.2) is 0 Å². The van der Waals surface area contributed by atoms with Gasteiger partial charge in [0.2, 0.25) is 0 Å². The third-order valence-electron chi connectivity index (χ3n) is 2.05. The molecule has 0 aromatic carbocycles. The SMILES string of the molecule is Cc1noc(-c2ccccn2)c1C. The zero-order valence-corrected chi connectivity index (χ0v) is 7.61. The molecule has 2 heterocycles. The zero-order valence-electron chi connectivity index (χ0n) is 7.61. The van der Waals surface area contributed by atoms with Gasteiger partial charge in [-0.3, -0.25) is 4.98 Å². The molecule has 0 N–H and O–H groups in total. The molecule has 2 aromatic heterocycles. The molecule has 0 aliphatic heterocycles. The Balaban J connectivity index is 2.53. The van der Waals surface area contributed by atoms with Crippen LogP contribution in [0.5, 0.6) is 0 Å². The second-order valence-corrected chi connectivity index (χ2v) is 2.94. The lowest BCUT2D eigenvalue weighted by atomic mass is 10.2. The first-order valence-electron chi connectivity index (χ1n) is 4.13. The van der Waals surface area contributed by atoms with E-state index in [1.54, 1.807) is 6.20 Å². The molecule has 0 amide bonds. The van der Waals surface area contributed by atoms with Gasteiger partial charge < -0.3 is 4.52 Å². The fourth-order valence-corrected chi connectivity index (χ4v) is 1.15. The molecule has 3 nitrogen and oxygen atoms in total. The van der Waals surface area contributed by atoms with Crippen LogP contribution in [0.25, 0.3) is 11.5 Å². The van der Waals surface area contributed by atoms with Crippen molar-refractivity contribution in [1.82, 2.24) is 10.1 Å². The van der Waals surface area contributed by atoms with Crippen molar-refractivity contribution in [3.63, 3.8) is 0 Å². The predicted molar refractivity (Wildman–Crippen MR) is 49.2 cm³/mol. The first kappa shape index (κ1) is 7.98. The number of aryl methyl sites for hydroxylation is 1. The Hall–Kier alpha value is -1.64. The van der Waals surface area contributed by atoms with Crippen LogP contribution >= 0.6 is 0 Å². The van der Waals surface area contributed by atoms with Crippen LogP contribution in [-0.4, -0.2) is 10.1 Å². The molecular weight excluding hydrogens is 164 g/mol. The monoisotopic (exact) mass is 174 g/mol. The van der Waals surface area contributed by atoms with Gasteiger partial charge in [0.15, 0.2) is 5.76 Å². The summed E-state index contributed by atoms with van der Waals surface area (Å²) in [6, 6.07) is 5.72. The van der Waals surface area contributed by atoms with Crippen molar-refractivity contribution < 1.29 is 4.52 Å². The summed E-state index contributed by atoms with van der Waals surface area (Å²) in [5, 5.41) is 3.88. The van der Waals surface area contributed by atoms with Crippen molar-refractivity contribution in [2.75, 3.05) is 0 Å². The first-order chi connectivity index (χ1) is 6.29. The number of hydrogen-bond donors (Lipinski definition) is 0. The van der Waals surface area contributed by atoms with Gasteiger partial charge in [0.1, 0.15) is 5.69 Å². The minimum atomic E-state index is 0.762. The summed E-state index contributed by atoms with van der Waals surface area (Å²) >= 11 is 0. The highest BCUT2D eigenvalue weighted by atomic mass is 16.5. The summed E-state index contributed by atoms with van der Waals surface area (Å²) in [5.74, 6) is 0.762. The van der Waals surface area contributed by atoms with Gasteiger partial charge in [0.05, 0.1) is 5.69 Å². The van der Waals surface area contributed by atoms with Crippen LogP contribution in [0.15, 0.2) is 28.9 Å². The fourth-order valence-electron chi connectivity index (χ4n) is 1.15. The van der Waals surface area contributed by atoms with E-state index >= 15 is 0 Å². The Morgan fingerprint density at radius 1 is 1.23 bits per heavy atom. The molecule has 3 heteroatoms. The Kier molecular flexibility index (Phi) is 1.85. The summed E-state index contributed by atoms with van der Waals surface area (Å²) < 4.78 is 5.17. The number of nitrogens with zero attached hydrogens (tertiary/aromatic N) is 2. The van der Waals surface area contributed by atoms with Crippen LogP contribution in [0.4, 0.5) is 0 Å². The molecule has 13 heavy (non-hydrogen) atoms. The van der Waals surface area contributed by atoms with Crippen molar-refractivity contribution in [1.29, 1.82) is 0 Å². The molecule has 0 radical (unpaired) electrons. The fraction of sp³-hybridized carbons (Fsp3) is 0.200. The molecule has 0 unspecified atom stereocenters. The number of hydrogen-bond acceptors (Lipinski definition) is 3. The second-order valence-electron chi connectivity index (χ2n) is 2.94. The normalized spacial score (nSPS) is 10.3. The molecule has 0 spiro atoms. The van der Waals surface area contributed by atoms with Gasteiger partial charge >= 0.3 is 0 Å². The van der Waals surface area contributed by atoms with E-state index in [0.717, 1.165) is 22.7 Å². The van der Waals surface area contributed by atoms with Crippen molar-refractivity contribution in [2.24, 2.45) is 0 Å². The van der Waals surface area contributed by atoms with Crippen LogP contribution in [0.1, 0.15) is 11.3 Å². The first-order valence-corrected chi connectivity index (χ1v) is 4.13. The van der Waals surface area contributed by atoms with Crippen LogP contribution in [-0.2, 0) is 0 Å². The molecule has 0 saturated carbocycles. The maximum Gasteiger partial charge on any atom is 0.188 e. The minimum absolute atomic E-state index is 0.762. The Morgan fingerprint density at radius 2 is 2.08 bits per heavy atom. The third-order valence-corrected chi connectivity index (χ3v) is 2.05. The Bertz CT molecular complexity index is 406. The molecule has 0 fully saturated rings. The lowest BCUT2D eigenvalue weighted by Crippen LogP contribution is -1.81. The minimum Gasteiger partial charge on any atom is -0.354 e. The van der Waals surface area contributed by atoms with E-state index in [-0.39, 0.29) is 0 Å². The molecule has 0 aliphatic rings.